The normalized spacial score (nSPS) is 10.8. The number of ether oxygens (including phenoxy) is 1. The SMILES string of the molecule is CC(C)NCc1cnccc1Oc1ccc(Br)cc1Br. The van der Waals surface area contributed by atoms with Gasteiger partial charge in [-0.05, 0) is 40.2 Å². The van der Waals surface area contributed by atoms with Crippen LogP contribution in [0.5, 0.6) is 11.5 Å². The Morgan fingerprint density at radius 3 is 2.70 bits per heavy atom. The van der Waals surface area contributed by atoms with E-state index in [1.165, 1.54) is 0 Å². The molecule has 0 aliphatic carbocycles. The van der Waals surface area contributed by atoms with Gasteiger partial charge in [-0.2, -0.15) is 0 Å². The van der Waals surface area contributed by atoms with E-state index in [0.717, 1.165) is 32.6 Å². The summed E-state index contributed by atoms with van der Waals surface area (Å²) in [6, 6.07) is 8.14. The highest BCUT2D eigenvalue weighted by Gasteiger charge is 2.08. The van der Waals surface area contributed by atoms with Crippen molar-refractivity contribution in [2.24, 2.45) is 0 Å². The van der Waals surface area contributed by atoms with Crippen LogP contribution >= 0.6 is 31.9 Å². The lowest BCUT2D eigenvalue weighted by atomic mass is 10.2. The van der Waals surface area contributed by atoms with Crippen molar-refractivity contribution in [3.05, 3.63) is 51.2 Å². The fourth-order valence-corrected chi connectivity index (χ4v) is 2.77. The van der Waals surface area contributed by atoms with Gasteiger partial charge in [0.15, 0.2) is 0 Å². The minimum Gasteiger partial charge on any atom is -0.456 e. The molecule has 0 bridgehead atoms. The summed E-state index contributed by atoms with van der Waals surface area (Å²) in [5, 5.41) is 3.37. The fraction of sp³-hybridized carbons (Fsp3) is 0.267. The first-order chi connectivity index (χ1) is 9.56. The highest BCUT2D eigenvalue weighted by Crippen LogP contribution is 2.33. The average molecular weight is 400 g/mol. The van der Waals surface area contributed by atoms with E-state index in [2.05, 4.69) is 56.0 Å². The number of benzene rings is 1. The number of nitrogens with one attached hydrogen (secondary N) is 1. The summed E-state index contributed by atoms with van der Waals surface area (Å²) in [5.41, 5.74) is 1.04. The lowest BCUT2D eigenvalue weighted by Crippen LogP contribution is -2.22. The van der Waals surface area contributed by atoms with E-state index in [-0.39, 0.29) is 0 Å². The number of rotatable bonds is 5. The number of nitrogens with zero attached hydrogens (tertiary/aromatic N) is 1. The van der Waals surface area contributed by atoms with Gasteiger partial charge in [0.2, 0.25) is 0 Å². The second kappa shape index (κ2) is 7.20. The van der Waals surface area contributed by atoms with Crippen LogP contribution in [-0.4, -0.2) is 11.0 Å². The molecule has 0 aliphatic rings. The maximum atomic E-state index is 5.98. The Bertz CT molecular complexity index is 588. The number of aromatic nitrogens is 1. The molecular formula is C15H16Br2N2O. The van der Waals surface area contributed by atoms with Crippen LogP contribution in [-0.2, 0) is 6.54 Å². The summed E-state index contributed by atoms with van der Waals surface area (Å²) < 4.78 is 7.90. The third kappa shape index (κ3) is 4.30. The molecule has 0 aliphatic heterocycles. The van der Waals surface area contributed by atoms with Gasteiger partial charge in [-0.25, -0.2) is 0 Å². The predicted molar refractivity (Wildman–Crippen MR) is 88.1 cm³/mol. The Hall–Kier alpha value is -0.910. The van der Waals surface area contributed by atoms with E-state index in [1.807, 2.05) is 30.5 Å². The Morgan fingerprint density at radius 1 is 1.20 bits per heavy atom. The molecule has 1 N–H and O–H groups in total. The Balaban J connectivity index is 2.20. The van der Waals surface area contributed by atoms with Crippen LogP contribution in [0.25, 0.3) is 0 Å². The van der Waals surface area contributed by atoms with Gasteiger partial charge in [-0.15, -0.1) is 0 Å². The van der Waals surface area contributed by atoms with Crippen LogP contribution in [0.15, 0.2) is 45.6 Å². The zero-order chi connectivity index (χ0) is 14.5. The molecule has 2 aromatic rings. The second-order valence-corrected chi connectivity index (χ2v) is 6.47. The third-order valence-corrected chi connectivity index (χ3v) is 3.79. The molecule has 0 saturated heterocycles. The van der Waals surface area contributed by atoms with Gasteiger partial charge in [-0.3, -0.25) is 4.98 Å². The number of halogens is 2. The summed E-state index contributed by atoms with van der Waals surface area (Å²) in [6.45, 7) is 4.96. The first-order valence-corrected chi connectivity index (χ1v) is 7.94. The van der Waals surface area contributed by atoms with Crippen molar-refractivity contribution in [3.63, 3.8) is 0 Å². The van der Waals surface area contributed by atoms with Gasteiger partial charge in [-0.1, -0.05) is 29.8 Å². The van der Waals surface area contributed by atoms with Crippen LogP contribution < -0.4 is 10.1 Å². The lowest BCUT2D eigenvalue weighted by Gasteiger charge is -2.14. The molecule has 2 rings (SSSR count). The molecule has 20 heavy (non-hydrogen) atoms. The molecule has 0 radical (unpaired) electrons. The maximum Gasteiger partial charge on any atom is 0.141 e. The van der Waals surface area contributed by atoms with Gasteiger partial charge < -0.3 is 10.1 Å². The molecule has 3 nitrogen and oxygen atoms in total. The molecule has 0 saturated carbocycles. The second-order valence-electron chi connectivity index (χ2n) is 4.70. The maximum absolute atomic E-state index is 5.98. The Labute approximate surface area is 136 Å². The van der Waals surface area contributed by atoms with Gasteiger partial charge in [0.05, 0.1) is 4.47 Å². The van der Waals surface area contributed by atoms with Crippen LogP contribution in [0.2, 0.25) is 0 Å². The van der Waals surface area contributed by atoms with E-state index in [9.17, 15) is 0 Å². The summed E-state index contributed by atoms with van der Waals surface area (Å²) >= 11 is 6.94. The van der Waals surface area contributed by atoms with E-state index in [0.29, 0.717) is 6.04 Å². The summed E-state index contributed by atoms with van der Waals surface area (Å²) in [7, 11) is 0. The molecule has 0 atom stereocenters. The molecule has 0 unspecified atom stereocenters. The topological polar surface area (TPSA) is 34.2 Å². The number of hydrogen-bond donors (Lipinski definition) is 1. The van der Waals surface area contributed by atoms with E-state index in [4.69, 9.17) is 4.74 Å². The van der Waals surface area contributed by atoms with E-state index < -0.39 is 0 Å². The Kier molecular flexibility index (Phi) is 5.57. The van der Waals surface area contributed by atoms with Gasteiger partial charge in [0.1, 0.15) is 11.5 Å². The predicted octanol–water partition coefficient (Wildman–Crippen LogP) is 4.90. The van der Waals surface area contributed by atoms with Crippen LogP contribution in [0.4, 0.5) is 0 Å². The minimum atomic E-state index is 0.419. The zero-order valence-electron chi connectivity index (χ0n) is 11.4. The van der Waals surface area contributed by atoms with Crippen molar-refractivity contribution >= 4 is 31.9 Å². The monoisotopic (exact) mass is 398 g/mol. The number of hydrogen-bond acceptors (Lipinski definition) is 3. The summed E-state index contributed by atoms with van der Waals surface area (Å²) in [4.78, 5) is 4.16. The van der Waals surface area contributed by atoms with Gasteiger partial charge in [0.25, 0.3) is 0 Å². The van der Waals surface area contributed by atoms with Crippen LogP contribution in [0.1, 0.15) is 19.4 Å². The first-order valence-electron chi connectivity index (χ1n) is 6.35. The smallest absolute Gasteiger partial charge is 0.141 e. The van der Waals surface area contributed by atoms with E-state index >= 15 is 0 Å². The van der Waals surface area contributed by atoms with Crippen molar-refractivity contribution in [2.75, 3.05) is 0 Å². The fourth-order valence-electron chi connectivity index (χ4n) is 1.64. The molecule has 5 heteroatoms. The standard InChI is InChI=1S/C15H16Br2N2O/c1-10(2)19-9-11-8-18-6-5-14(11)20-15-4-3-12(16)7-13(15)17/h3-8,10,19H,9H2,1-2H3. The van der Waals surface area contributed by atoms with Crippen molar-refractivity contribution < 1.29 is 4.74 Å². The van der Waals surface area contributed by atoms with Crippen molar-refractivity contribution in [3.8, 4) is 11.5 Å². The average Bonchev–Trinajstić information content (AvgIpc) is 2.41. The summed E-state index contributed by atoms with van der Waals surface area (Å²) in [6.07, 6.45) is 3.57. The van der Waals surface area contributed by atoms with Crippen molar-refractivity contribution in [1.29, 1.82) is 0 Å². The summed E-state index contributed by atoms with van der Waals surface area (Å²) in [5.74, 6) is 1.60. The third-order valence-electron chi connectivity index (χ3n) is 2.67. The van der Waals surface area contributed by atoms with Crippen molar-refractivity contribution in [2.45, 2.75) is 26.4 Å². The molecule has 1 aromatic carbocycles. The Morgan fingerprint density at radius 2 is 2.00 bits per heavy atom. The molecule has 0 fully saturated rings. The van der Waals surface area contributed by atoms with E-state index in [1.54, 1.807) is 6.20 Å². The zero-order valence-corrected chi connectivity index (χ0v) is 14.5. The molecule has 0 amide bonds. The quantitative estimate of drug-likeness (QED) is 0.776. The van der Waals surface area contributed by atoms with Crippen molar-refractivity contribution in [1.82, 2.24) is 10.3 Å². The lowest BCUT2D eigenvalue weighted by molar-refractivity contribution is 0.465. The molecule has 0 spiro atoms. The van der Waals surface area contributed by atoms with Gasteiger partial charge in [0, 0.05) is 35.0 Å². The highest BCUT2D eigenvalue weighted by molar-refractivity contribution is 9.11. The number of pyridine rings is 1. The molecular weight excluding hydrogens is 384 g/mol. The highest BCUT2D eigenvalue weighted by atomic mass is 79.9. The molecule has 106 valence electrons. The largest absolute Gasteiger partial charge is 0.456 e. The first kappa shape index (κ1) is 15.5. The van der Waals surface area contributed by atoms with Gasteiger partial charge >= 0.3 is 0 Å². The minimum absolute atomic E-state index is 0.419. The van der Waals surface area contributed by atoms with Crippen LogP contribution in [0, 0.1) is 0 Å². The molecule has 1 heterocycles. The van der Waals surface area contributed by atoms with Crippen LogP contribution in [0.3, 0.4) is 0 Å². The molecule has 1 aromatic heterocycles.